The van der Waals surface area contributed by atoms with Gasteiger partial charge in [-0.15, -0.1) is 0 Å². The van der Waals surface area contributed by atoms with Crippen molar-refractivity contribution in [3.8, 4) is 0 Å². The van der Waals surface area contributed by atoms with E-state index >= 15 is 0 Å². The second-order valence-corrected chi connectivity index (χ2v) is 9.49. The van der Waals surface area contributed by atoms with Crippen LogP contribution < -0.4 is 4.90 Å². The fourth-order valence-corrected chi connectivity index (χ4v) is 5.45. The third-order valence-electron chi connectivity index (χ3n) is 5.65. The molecule has 0 N–H and O–H groups in total. The Bertz CT molecular complexity index is 796. The van der Waals surface area contributed by atoms with Gasteiger partial charge < -0.3 is 9.80 Å². The zero-order chi connectivity index (χ0) is 18.3. The number of rotatable bonds is 5. The average molecular weight is 378 g/mol. The maximum Gasteiger partial charge on any atom is 0.243 e. The van der Waals surface area contributed by atoms with Crippen LogP contribution in [0.25, 0.3) is 0 Å². The van der Waals surface area contributed by atoms with Gasteiger partial charge in [-0.3, -0.25) is 4.79 Å². The molecule has 2 heterocycles. The molecule has 0 atom stereocenters. The first kappa shape index (κ1) is 17.9. The van der Waals surface area contributed by atoms with E-state index in [0.29, 0.717) is 24.5 Å². The van der Waals surface area contributed by atoms with Gasteiger partial charge in [-0.25, -0.2) is 8.42 Å². The Morgan fingerprint density at radius 2 is 1.85 bits per heavy atom. The molecule has 1 aromatic rings. The van der Waals surface area contributed by atoms with Crippen molar-refractivity contribution in [2.24, 2.45) is 5.92 Å². The topological polar surface area (TPSA) is 60.9 Å². The quantitative estimate of drug-likeness (QED) is 0.784. The van der Waals surface area contributed by atoms with Gasteiger partial charge in [-0.1, -0.05) is 6.92 Å². The van der Waals surface area contributed by atoms with E-state index in [2.05, 4.69) is 11.8 Å². The largest absolute Gasteiger partial charge is 0.312 e. The monoisotopic (exact) mass is 377 g/mol. The minimum Gasteiger partial charge on any atom is -0.312 e. The van der Waals surface area contributed by atoms with Crippen LogP contribution in [-0.4, -0.2) is 62.8 Å². The van der Waals surface area contributed by atoms with Gasteiger partial charge in [0, 0.05) is 44.3 Å². The van der Waals surface area contributed by atoms with Crippen LogP contribution in [-0.2, 0) is 21.2 Å². The molecule has 0 bridgehead atoms. The van der Waals surface area contributed by atoms with Crippen molar-refractivity contribution in [1.29, 1.82) is 0 Å². The van der Waals surface area contributed by atoms with Crippen LogP contribution in [0.1, 0.15) is 31.7 Å². The van der Waals surface area contributed by atoms with Crippen LogP contribution >= 0.6 is 0 Å². The molecule has 1 aromatic carbocycles. The highest BCUT2D eigenvalue weighted by atomic mass is 32.2. The van der Waals surface area contributed by atoms with E-state index in [9.17, 15) is 13.2 Å². The molecule has 1 saturated heterocycles. The number of hydrogen-bond acceptors (Lipinski definition) is 4. The third kappa shape index (κ3) is 3.28. The average Bonchev–Trinajstić information content (AvgIpc) is 3.41. The maximum absolute atomic E-state index is 13.0. The maximum atomic E-state index is 13.0. The van der Waals surface area contributed by atoms with Crippen molar-refractivity contribution >= 4 is 21.6 Å². The van der Waals surface area contributed by atoms with Crippen molar-refractivity contribution in [1.82, 2.24) is 9.21 Å². The molecule has 2 aliphatic heterocycles. The Morgan fingerprint density at radius 3 is 2.50 bits per heavy atom. The van der Waals surface area contributed by atoms with Crippen LogP contribution in [0.4, 0.5) is 5.69 Å². The zero-order valence-electron chi connectivity index (χ0n) is 15.4. The first-order chi connectivity index (χ1) is 12.5. The normalized spacial score (nSPS) is 21.8. The number of fused-ring (bicyclic) bond motifs is 1. The number of nitrogens with zero attached hydrogens (tertiary/aromatic N) is 3. The summed E-state index contributed by atoms with van der Waals surface area (Å²) in [6, 6.07) is 5.27. The number of carbonyl (C=O) groups is 1. The van der Waals surface area contributed by atoms with Gasteiger partial charge in [0.1, 0.15) is 0 Å². The van der Waals surface area contributed by atoms with E-state index in [-0.39, 0.29) is 11.8 Å². The van der Waals surface area contributed by atoms with Crippen LogP contribution in [0, 0.1) is 5.92 Å². The molecule has 7 heteroatoms. The van der Waals surface area contributed by atoms with Gasteiger partial charge in [0.25, 0.3) is 0 Å². The summed E-state index contributed by atoms with van der Waals surface area (Å²) < 4.78 is 27.6. The number of hydrogen-bond donors (Lipinski definition) is 0. The number of carbonyl (C=O) groups excluding carboxylic acids is 1. The standard InChI is InChI=1S/C19H27N3O3S/c1-2-8-20-10-12-21(13-11-20)26(24,25)17-5-6-18-16(14-17)7-9-22(18)19(23)15-3-4-15/h5-6,14-15H,2-4,7-13H2,1H3. The Morgan fingerprint density at radius 1 is 1.12 bits per heavy atom. The van der Waals surface area contributed by atoms with Crippen LogP contribution in [0.3, 0.4) is 0 Å². The molecule has 2 fully saturated rings. The van der Waals surface area contributed by atoms with Crippen LogP contribution in [0.2, 0.25) is 0 Å². The molecule has 1 aliphatic carbocycles. The van der Waals surface area contributed by atoms with E-state index in [1.54, 1.807) is 16.4 Å². The van der Waals surface area contributed by atoms with E-state index < -0.39 is 10.0 Å². The van der Waals surface area contributed by atoms with Crippen molar-refractivity contribution in [3.63, 3.8) is 0 Å². The predicted molar refractivity (Wildman–Crippen MR) is 101 cm³/mol. The fraction of sp³-hybridized carbons (Fsp3) is 0.632. The summed E-state index contributed by atoms with van der Waals surface area (Å²) in [5, 5.41) is 0. The summed E-state index contributed by atoms with van der Waals surface area (Å²) >= 11 is 0. The molecule has 0 aromatic heterocycles. The summed E-state index contributed by atoms with van der Waals surface area (Å²) in [6.07, 6.45) is 3.80. The highest BCUT2D eigenvalue weighted by Crippen LogP contribution is 2.37. The minimum absolute atomic E-state index is 0.184. The molecule has 142 valence electrons. The summed E-state index contributed by atoms with van der Waals surface area (Å²) in [7, 11) is -3.46. The molecular weight excluding hydrogens is 350 g/mol. The second-order valence-electron chi connectivity index (χ2n) is 7.55. The molecule has 3 aliphatic rings. The molecule has 0 unspecified atom stereocenters. The minimum atomic E-state index is -3.46. The number of sulfonamides is 1. The van der Waals surface area contributed by atoms with Gasteiger partial charge >= 0.3 is 0 Å². The molecule has 1 saturated carbocycles. The Balaban J connectivity index is 1.50. The molecule has 4 rings (SSSR count). The Labute approximate surface area is 155 Å². The van der Waals surface area contributed by atoms with Crippen molar-refractivity contribution in [3.05, 3.63) is 23.8 Å². The summed E-state index contributed by atoms with van der Waals surface area (Å²) in [5.41, 5.74) is 1.87. The van der Waals surface area contributed by atoms with E-state index in [1.165, 1.54) is 0 Å². The summed E-state index contributed by atoms with van der Waals surface area (Å²) in [5.74, 6) is 0.384. The van der Waals surface area contributed by atoms with Gasteiger partial charge in [0.2, 0.25) is 15.9 Å². The highest BCUT2D eigenvalue weighted by Gasteiger charge is 2.37. The lowest BCUT2D eigenvalue weighted by atomic mass is 10.2. The third-order valence-corrected chi connectivity index (χ3v) is 7.54. The summed E-state index contributed by atoms with van der Waals surface area (Å²) in [4.78, 5) is 16.9. The van der Waals surface area contributed by atoms with Gasteiger partial charge in [0.05, 0.1) is 4.90 Å². The number of piperazine rings is 1. The van der Waals surface area contributed by atoms with Gasteiger partial charge in [0.15, 0.2) is 0 Å². The predicted octanol–water partition coefficient (Wildman–Crippen LogP) is 1.70. The molecule has 26 heavy (non-hydrogen) atoms. The smallest absolute Gasteiger partial charge is 0.243 e. The van der Waals surface area contributed by atoms with Crippen LogP contribution in [0.15, 0.2) is 23.1 Å². The molecular formula is C19H27N3O3S. The Hall–Kier alpha value is -1.44. The molecule has 6 nitrogen and oxygen atoms in total. The van der Waals surface area contributed by atoms with Crippen LogP contribution in [0.5, 0.6) is 0 Å². The number of amides is 1. The van der Waals surface area contributed by atoms with Gasteiger partial charge in [-0.2, -0.15) is 4.31 Å². The first-order valence-corrected chi connectivity index (χ1v) is 11.1. The lowest BCUT2D eigenvalue weighted by molar-refractivity contribution is -0.119. The van der Waals surface area contributed by atoms with E-state index in [4.69, 9.17) is 0 Å². The zero-order valence-corrected chi connectivity index (χ0v) is 16.2. The van der Waals surface area contributed by atoms with Gasteiger partial charge in [-0.05, 0) is 56.0 Å². The molecule has 0 spiro atoms. The van der Waals surface area contributed by atoms with E-state index in [1.807, 2.05) is 11.0 Å². The summed E-state index contributed by atoms with van der Waals surface area (Å²) in [6.45, 7) is 6.52. The van der Waals surface area contributed by atoms with Crippen molar-refractivity contribution in [2.75, 3.05) is 44.2 Å². The number of anilines is 1. The van der Waals surface area contributed by atoms with Crippen molar-refractivity contribution in [2.45, 2.75) is 37.5 Å². The number of benzene rings is 1. The molecule has 0 radical (unpaired) electrons. The van der Waals surface area contributed by atoms with Crippen molar-refractivity contribution < 1.29 is 13.2 Å². The molecule has 1 amide bonds. The second kappa shape index (κ2) is 6.94. The van der Waals surface area contributed by atoms with E-state index in [0.717, 1.165) is 56.6 Å². The lowest BCUT2D eigenvalue weighted by Gasteiger charge is -2.33. The highest BCUT2D eigenvalue weighted by molar-refractivity contribution is 7.89. The SMILES string of the molecule is CCCN1CCN(S(=O)(=O)c2ccc3c(c2)CCN3C(=O)C2CC2)CC1. The Kier molecular flexibility index (Phi) is 4.79. The lowest BCUT2D eigenvalue weighted by Crippen LogP contribution is -2.48. The fourth-order valence-electron chi connectivity index (χ4n) is 3.98. The first-order valence-electron chi connectivity index (χ1n) is 9.67.